The van der Waals surface area contributed by atoms with E-state index in [2.05, 4.69) is 32.3 Å². The summed E-state index contributed by atoms with van der Waals surface area (Å²) in [7, 11) is 3.60. The van der Waals surface area contributed by atoms with Crippen LogP contribution in [0.15, 0.2) is 4.99 Å². The Kier molecular flexibility index (Phi) is 11.5. The van der Waals surface area contributed by atoms with E-state index in [4.69, 9.17) is 0 Å². The molecule has 6 nitrogen and oxygen atoms in total. The predicted octanol–water partition coefficient (Wildman–Crippen LogP) is 2.15. The van der Waals surface area contributed by atoms with Gasteiger partial charge < -0.3 is 20.4 Å². The first-order valence-corrected chi connectivity index (χ1v) is 10.0. The summed E-state index contributed by atoms with van der Waals surface area (Å²) in [5.41, 5.74) is 0. The summed E-state index contributed by atoms with van der Waals surface area (Å²) < 4.78 is 0. The summed E-state index contributed by atoms with van der Waals surface area (Å²) in [5, 5.41) is 6.33. The predicted molar refractivity (Wildman–Crippen MR) is 119 cm³/mol. The van der Waals surface area contributed by atoms with Gasteiger partial charge in [-0.25, -0.2) is 0 Å². The van der Waals surface area contributed by atoms with Gasteiger partial charge in [-0.15, -0.1) is 24.0 Å². The molecule has 2 aliphatic rings. The quantitative estimate of drug-likeness (QED) is 0.348. The minimum Gasteiger partial charge on any atom is -0.359 e. The van der Waals surface area contributed by atoms with Gasteiger partial charge in [-0.05, 0) is 63.6 Å². The number of rotatable bonds is 6. The van der Waals surface area contributed by atoms with Crippen LogP contribution >= 0.6 is 24.0 Å². The lowest BCUT2D eigenvalue weighted by molar-refractivity contribution is -0.121. The van der Waals surface area contributed by atoms with Gasteiger partial charge in [-0.2, -0.15) is 0 Å². The second kappa shape index (κ2) is 12.8. The molecule has 26 heavy (non-hydrogen) atoms. The highest BCUT2D eigenvalue weighted by molar-refractivity contribution is 14.0. The van der Waals surface area contributed by atoms with Crippen LogP contribution in [-0.2, 0) is 4.79 Å². The van der Waals surface area contributed by atoms with Crippen molar-refractivity contribution in [1.82, 2.24) is 20.4 Å². The first-order chi connectivity index (χ1) is 12.2. The summed E-state index contributed by atoms with van der Waals surface area (Å²) in [5.74, 6) is 2.47. The van der Waals surface area contributed by atoms with Crippen LogP contribution in [0.1, 0.15) is 45.4 Å². The third-order valence-corrected chi connectivity index (χ3v) is 5.67. The smallest absolute Gasteiger partial charge is 0.220 e. The Bertz CT molecular complexity index is 430. The van der Waals surface area contributed by atoms with Gasteiger partial charge in [0.15, 0.2) is 5.96 Å². The second-order valence-corrected chi connectivity index (χ2v) is 7.52. The summed E-state index contributed by atoms with van der Waals surface area (Å²) >= 11 is 0. The Morgan fingerprint density at radius 1 is 1.08 bits per heavy atom. The number of aliphatic imine (C=N–C) groups is 1. The van der Waals surface area contributed by atoms with E-state index in [9.17, 15) is 4.79 Å². The Labute approximate surface area is 176 Å². The zero-order valence-corrected chi connectivity index (χ0v) is 19.1. The molecule has 0 bridgehead atoms. The van der Waals surface area contributed by atoms with Crippen LogP contribution in [0.3, 0.4) is 0 Å². The first-order valence-electron chi connectivity index (χ1n) is 10.0. The number of guanidine groups is 1. The van der Waals surface area contributed by atoms with Crippen molar-refractivity contribution in [1.29, 1.82) is 0 Å². The Balaban J connectivity index is 0.00000338. The lowest BCUT2D eigenvalue weighted by Gasteiger charge is -2.36. The van der Waals surface area contributed by atoms with Crippen molar-refractivity contribution in [3.8, 4) is 0 Å². The number of carbonyl (C=O) groups excluding carboxylic acids is 1. The molecule has 0 aromatic carbocycles. The van der Waals surface area contributed by atoms with Crippen LogP contribution < -0.4 is 10.6 Å². The molecule has 152 valence electrons. The van der Waals surface area contributed by atoms with E-state index in [0.717, 1.165) is 44.4 Å². The SMILES string of the molecule is CCCN1CCC(CNC(=NC)N2CCC(CC(=O)NC)CC2)CC1.I. The Morgan fingerprint density at radius 2 is 1.69 bits per heavy atom. The first kappa shape index (κ1) is 23.5. The second-order valence-electron chi connectivity index (χ2n) is 7.52. The van der Waals surface area contributed by atoms with Crippen molar-refractivity contribution in [3.05, 3.63) is 0 Å². The van der Waals surface area contributed by atoms with Crippen molar-refractivity contribution >= 4 is 35.8 Å². The van der Waals surface area contributed by atoms with Crippen molar-refractivity contribution in [2.24, 2.45) is 16.8 Å². The van der Waals surface area contributed by atoms with E-state index < -0.39 is 0 Å². The topological polar surface area (TPSA) is 60.0 Å². The number of hydrogen-bond donors (Lipinski definition) is 2. The highest BCUT2D eigenvalue weighted by Crippen LogP contribution is 2.21. The number of nitrogens with one attached hydrogen (secondary N) is 2. The Hall–Kier alpha value is -0.570. The fourth-order valence-corrected chi connectivity index (χ4v) is 4.01. The molecule has 0 spiro atoms. The van der Waals surface area contributed by atoms with Crippen molar-refractivity contribution < 1.29 is 4.79 Å². The van der Waals surface area contributed by atoms with Crippen LogP contribution in [0.25, 0.3) is 0 Å². The van der Waals surface area contributed by atoms with Gasteiger partial charge in [0.1, 0.15) is 0 Å². The molecule has 1 amide bonds. The van der Waals surface area contributed by atoms with E-state index in [1.807, 2.05) is 7.05 Å². The minimum atomic E-state index is 0. The van der Waals surface area contributed by atoms with E-state index in [1.54, 1.807) is 7.05 Å². The highest BCUT2D eigenvalue weighted by atomic mass is 127. The molecular formula is C19H38IN5O. The highest BCUT2D eigenvalue weighted by Gasteiger charge is 2.24. The van der Waals surface area contributed by atoms with Gasteiger partial charge in [0.25, 0.3) is 0 Å². The summed E-state index contributed by atoms with van der Waals surface area (Å²) in [6, 6.07) is 0. The standard InChI is InChI=1S/C19H37N5O.HI/c1-4-9-23-10-5-17(6-11-23)15-22-19(21-3)24-12-7-16(8-13-24)14-18(25)20-2;/h16-17H,4-15H2,1-3H3,(H,20,25)(H,21,22);1H. The third-order valence-electron chi connectivity index (χ3n) is 5.67. The summed E-state index contributed by atoms with van der Waals surface area (Å²) in [4.78, 5) is 21.0. The molecule has 0 aromatic rings. The van der Waals surface area contributed by atoms with Crippen LogP contribution in [0.4, 0.5) is 0 Å². The third kappa shape index (κ3) is 7.58. The molecule has 2 rings (SSSR count). The van der Waals surface area contributed by atoms with Gasteiger partial charge in [-0.3, -0.25) is 9.79 Å². The van der Waals surface area contributed by atoms with Crippen LogP contribution in [-0.4, -0.2) is 75.0 Å². The molecule has 0 unspecified atom stereocenters. The number of piperidine rings is 2. The fourth-order valence-electron chi connectivity index (χ4n) is 4.01. The normalized spacial score (nSPS) is 20.6. The zero-order valence-electron chi connectivity index (χ0n) is 16.8. The van der Waals surface area contributed by atoms with Gasteiger partial charge in [0.05, 0.1) is 0 Å². The largest absolute Gasteiger partial charge is 0.359 e. The molecule has 2 fully saturated rings. The molecule has 0 saturated carbocycles. The number of hydrogen-bond acceptors (Lipinski definition) is 3. The fraction of sp³-hybridized carbons (Fsp3) is 0.895. The zero-order chi connectivity index (χ0) is 18.1. The van der Waals surface area contributed by atoms with E-state index >= 15 is 0 Å². The average Bonchev–Trinajstić information content (AvgIpc) is 2.65. The van der Waals surface area contributed by atoms with Gasteiger partial charge in [-0.1, -0.05) is 6.92 Å². The lowest BCUT2D eigenvalue weighted by Crippen LogP contribution is -2.48. The van der Waals surface area contributed by atoms with Crippen LogP contribution in [0.5, 0.6) is 0 Å². The van der Waals surface area contributed by atoms with Crippen LogP contribution in [0.2, 0.25) is 0 Å². The molecule has 2 aliphatic heterocycles. The maximum Gasteiger partial charge on any atom is 0.220 e. The maximum atomic E-state index is 11.5. The minimum absolute atomic E-state index is 0. The van der Waals surface area contributed by atoms with Crippen molar-refractivity contribution in [2.75, 3.05) is 53.4 Å². The van der Waals surface area contributed by atoms with Crippen LogP contribution in [0, 0.1) is 11.8 Å². The van der Waals surface area contributed by atoms with E-state index in [1.165, 1.54) is 38.9 Å². The molecule has 7 heteroatoms. The number of halogens is 1. The van der Waals surface area contributed by atoms with Crippen molar-refractivity contribution in [2.45, 2.75) is 45.4 Å². The summed E-state index contributed by atoms with van der Waals surface area (Å²) in [6.07, 6.45) is 6.64. The average molecular weight is 479 g/mol. The number of nitrogens with zero attached hydrogens (tertiary/aromatic N) is 3. The molecule has 0 atom stereocenters. The van der Waals surface area contributed by atoms with Crippen molar-refractivity contribution in [3.63, 3.8) is 0 Å². The maximum absolute atomic E-state index is 11.5. The van der Waals surface area contributed by atoms with E-state index in [-0.39, 0.29) is 29.9 Å². The Morgan fingerprint density at radius 3 is 2.23 bits per heavy atom. The molecule has 2 heterocycles. The number of amides is 1. The number of likely N-dealkylation sites (tertiary alicyclic amines) is 2. The molecule has 0 aliphatic carbocycles. The summed E-state index contributed by atoms with van der Waals surface area (Å²) in [6.45, 7) is 9.01. The lowest BCUT2D eigenvalue weighted by atomic mass is 9.93. The van der Waals surface area contributed by atoms with E-state index in [0.29, 0.717) is 12.3 Å². The monoisotopic (exact) mass is 479 g/mol. The number of carbonyl (C=O) groups is 1. The van der Waals surface area contributed by atoms with Gasteiger partial charge >= 0.3 is 0 Å². The van der Waals surface area contributed by atoms with Gasteiger partial charge in [0.2, 0.25) is 5.91 Å². The molecule has 2 saturated heterocycles. The molecular weight excluding hydrogens is 441 g/mol. The molecule has 2 N–H and O–H groups in total. The van der Waals surface area contributed by atoms with Gasteiger partial charge in [0, 0.05) is 40.2 Å². The molecule has 0 aromatic heterocycles. The molecule has 0 radical (unpaired) electrons.